The van der Waals surface area contributed by atoms with E-state index in [4.69, 9.17) is 0 Å². The summed E-state index contributed by atoms with van der Waals surface area (Å²) in [6.45, 7) is 1.91. The average molecular weight is 380 g/mol. The molecule has 0 radical (unpaired) electrons. The molecule has 8 heteroatoms. The molecular formula is C17H21N3O3S2. The molecule has 1 atom stereocenters. The van der Waals surface area contributed by atoms with E-state index in [0.29, 0.717) is 12.8 Å². The highest BCUT2D eigenvalue weighted by atomic mass is 32.2. The van der Waals surface area contributed by atoms with E-state index in [2.05, 4.69) is 4.98 Å². The molecule has 0 bridgehead atoms. The van der Waals surface area contributed by atoms with Gasteiger partial charge in [0.05, 0.1) is 24.1 Å². The number of aromatic nitrogens is 1. The fourth-order valence-corrected chi connectivity index (χ4v) is 5.14. The Kier molecular flexibility index (Phi) is 4.59. The normalized spacial score (nSPS) is 16.8. The third-order valence-electron chi connectivity index (χ3n) is 4.24. The van der Waals surface area contributed by atoms with Gasteiger partial charge in [0.2, 0.25) is 15.9 Å². The summed E-state index contributed by atoms with van der Waals surface area (Å²) in [5.41, 5.74) is 3.52. The standard InChI is InChI=1S/C17H21N3O3S2/c1-11-7-13-8-12(5-6-15(13)20(11)25(4,22)23)14-10-24-16(18-14)9-17(21)19(2)3/h5-6,8,10-11H,7,9H2,1-4H3/t11-/m1/s1. The molecule has 0 unspecified atom stereocenters. The molecule has 0 saturated heterocycles. The van der Waals surface area contributed by atoms with Gasteiger partial charge in [-0.3, -0.25) is 9.10 Å². The Labute approximate surface area is 152 Å². The molecule has 134 valence electrons. The number of anilines is 1. The van der Waals surface area contributed by atoms with Gasteiger partial charge in [0.15, 0.2) is 0 Å². The minimum atomic E-state index is -3.28. The maximum absolute atomic E-state index is 12.0. The minimum absolute atomic E-state index is 0.0208. The second-order valence-corrected chi connectivity index (χ2v) is 9.35. The van der Waals surface area contributed by atoms with Crippen molar-refractivity contribution in [3.05, 3.63) is 34.2 Å². The van der Waals surface area contributed by atoms with Crippen molar-refractivity contribution >= 4 is 33.0 Å². The first-order valence-corrected chi connectivity index (χ1v) is 10.7. The molecule has 0 N–H and O–H groups in total. The Morgan fingerprint density at radius 3 is 2.76 bits per heavy atom. The minimum Gasteiger partial charge on any atom is -0.348 e. The zero-order chi connectivity index (χ0) is 18.4. The van der Waals surface area contributed by atoms with Crippen LogP contribution in [-0.2, 0) is 27.7 Å². The van der Waals surface area contributed by atoms with Gasteiger partial charge in [-0.05, 0) is 31.0 Å². The van der Waals surface area contributed by atoms with Crippen molar-refractivity contribution in [2.24, 2.45) is 0 Å². The van der Waals surface area contributed by atoms with Gasteiger partial charge in [-0.15, -0.1) is 11.3 Å². The highest BCUT2D eigenvalue weighted by Crippen LogP contribution is 2.37. The molecule has 6 nitrogen and oxygen atoms in total. The van der Waals surface area contributed by atoms with Gasteiger partial charge in [-0.1, -0.05) is 6.07 Å². The molecule has 0 spiro atoms. The molecule has 1 aliphatic heterocycles. The number of carbonyl (C=O) groups excluding carboxylic acids is 1. The molecule has 1 aromatic heterocycles. The first-order chi connectivity index (χ1) is 11.7. The number of amides is 1. The average Bonchev–Trinajstić information content (AvgIpc) is 3.08. The van der Waals surface area contributed by atoms with Crippen molar-refractivity contribution in [1.82, 2.24) is 9.88 Å². The summed E-state index contributed by atoms with van der Waals surface area (Å²) >= 11 is 1.46. The third kappa shape index (κ3) is 3.55. The molecule has 0 fully saturated rings. The number of hydrogen-bond acceptors (Lipinski definition) is 5. The molecule has 1 aromatic carbocycles. The van der Waals surface area contributed by atoms with Crippen LogP contribution in [0.25, 0.3) is 11.3 Å². The molecule has 3 rings (SSSR count). The summed E-state index contributed by atoms with van der Waals surface area (Å²) in [6.07, 6.45) is 2.22. The highest BCUT2D eigenvalue weighted by Gasteiger charge is 2.32. The molecule has 2 heterocycles. The van der Waals surface area contributed by atoms with E-state index in [1.54, 1.807) is 19.0 Å². The lowest BCUT2D eigenvalue weighted by Gasteiger charge is -2.21. The predicted molar refractivity (Wildman–Crippen MR) is 100 cm³/mol. The van der Waals surface area contributed by atoms with Crippen LogP contribution in [0.1, 0.15) is 17.5 Å². The van der Waals surface area contributed by atoms with Crippen LogP contribution in [-0.4, -0.2) is 50.6 Å². The Bertz CT molecular complexity index is 919. The predicted octanol–water partition coefficient (Wildman–Crippen LogP) is 2.15. The van der Waals surface area contributed by atoms with E-state index < -0.39 is 10.0 Å². The number of thiazole rings is 1. The molecular weight excluding hydrogens is 358 g/mol. The Morgan fingerprint density at radius 2 is 2.12 bits per heavy atom. The van der Waals surface area contributed by atoms with Gasteiger partial charge in [0.1, 0.15) is 5.01 Å². The Hall–Kier alpha value is -1.93. The highest BCUT2D eigenvalue weighted by molar-refractivity contribution is 7.92. The number of nitrogens with zero attached hydrogens (tertiary/aromatic N) is 3. The van der Waals surface area contributed by atoms with Gasteiger partial charge in [-0.25, -0.2) is 13.4 Å². The molecule has 25 heavy (non-hydrogen) atoms. The first kappa shape index (κ1) is 17.9. The van der Waals surface area contributed by atoms with Crippen LogP contribution in [0.2, 0.25) is 0 Å². The summed E-state index contributed by atoms with van der Waals surface area (Å²) in [4.78, 5) is 17.9. The quantitative estimate of drug-likeness (QED) is 0.816. The maximum Gasteiger partial charge on any atom is 0.232 e. The molecule has 1 amide bonds. The summed E-state index contributed by atoms with van der Waals surface area (Å²) in [6, 6.07) is 5.66. The fraction of sp³-hybridized carbons (Fsp3) is 0.412. The van der Waals surface area contributed by atoms with E-state index in [1.807, 2.05) is 30.5 Å². The number of fused-ring (bicyclic) bond motifs is 1. The van der Waals surface area contributed by atoms with Crippen molar-refractivity contribution in [2.75, 3.05) is 24.7 Å². The van der Waals surface area contributed by atoms with Crippen LogP contribution in [0.15, 0.2) is 23.6 Å². The molecule has 2 aromatic rings. The number of likely N-dealkylation sites (N-methyl/N-ethyl adjacent to an activating group) is 1. The summed E-state index contributed by atoms with van der Waals surface area (Å²) < 4.78 is 25.5. The van der Waals surface area contributed by atoms with Gasteiger partial charge in [-0.2, -0.15) is 0 Å². The Balaban J connectivity index is 1.88. The second-order valence-electron chi connectivity index (χ2n) is 6.55. The number of carbonyl (C=O) groups is 1. The number of hydrogen-bond donors (Lipinski definition) is 0. The van der Waals surface area contributed by atoms with Crippen molar-refractivity contribution in [2.45, 2.75) is 25.8 Å². The lowest BCUT2D eigenvalue weighted by atomic mass is 10.1. The van der Waals surface area contributed by atoms with Gasteiger partial charge >= 0.3 is 0 Å². The second kappa shape index (κ2) is 6.42. The maximum atomic E-state index is 12.0. The lowest BCUT2D eigenvalue weighted by Crippen LogP contribution is -2.34. The third-order valence-corrected chi connectivity index (χ3v) is 6.36. The van der Waals surface area contributed by atoms with Crippen molar-refractivity contribution in [1.29, 1.82) is 0 Å². The van der Waals surface area contributed by atoms with Crippen LogP contribution in [0.4, 0.5) is 5.69 Å². The number of benzene rings is 1. The van der Waals surface area contributed by atoms with Gasteiger partial charge in [0.25, 0.3) is 0 Å². The smallest absolute Gasteiger partial charge is 0.232 e. The van der Waals surface area contributed by atoms with E-state index in [9.17, 15) is 13.2 Å². The Morgan fingerprint density at radius 1 is 1.40 bits per heavy atom. The van der Waals surface area contributed by atoms with E-state index in [1.165, 1.54) is 21.9 Å². The van der Waals surface area contributed by atoms with Crippen molar-refractivity contribution < 1.29 is 13.2 Å². The van der Waals surface area contributed by atoms with Gasteiger partial charge < -0.3 is 4.90 Å². The van der Waals surface area contributed by atoms with Crippen LogP contribution in [0, 0.1) is 0 Å². The van der Waals surface area contributed by atoms with Crippen molar-refractivity contribution in [3.63, 3.8) is 0 Å². The van der Waals surface area contributed by atoms with E-state index >= 15 is 0 Å². The molecule has 1 aliphatic rings. The largest absolute Gasteiger partial charge is 0.348 e. The lowest BCUT2D eigenvalue weighted by molar-refractivity contribution is -0.127. The monoisotopic (exact) mass is 379 g/mol. The first-order valence-electron chi connectivity index (χ1n) is 7.94. The zero-order valence-corrected chi connectivity index (χ0v) is 16.3. The van der Waals surface area contributed by atoms with Crippen LogP contribution < -0.4 is 4.31 Å². The van der Waals surface area contributed by atoms with Crippen molar-refractivity contribution in [3.8, 4) is 11.3 Å². The summed E-state index contributed by atoms with van der Waals surface area (Å²) in [5.74, 6) is 0.0208. The van der Waals surface area contributed by atoms with Gasteiger partial charge in [0, 0.05) is 31.1 Å². The number of sulfonamides is 1. The topological polar surface area (TPSA) is 70.6 Å². The van der Waals surface area contributed by atoms with E-state index in [0.717, 1.165) is 27.5 Å². The zero-order valence-electron chi connectivity index (χ0n) is 14.7. The van der Waals surface area contributed by atoms with Crippen LogP contribution >= 0.6 is 11.3 Å². The fourth-order valence-electron chi connectivity index (χ4n) is 3.08. The number of rotatable bonds is 4. The summed E-state index contributed by atoms with van der Waals surface area (Å²) in [7, 11) is 0.174. The molecule has 0 aliphatic carbocycles. The van der Waals surface area contributed by atoms with E-state index in [-0.39, 0.29) is 11.9 Å². The molecule has 0 saturated carbocycles. The SMILES string of the molecule is C[C@@H]1Cc2cc(-c3csc(CC(=O)N(C)C)n3)ccc2N1S(C)(=O)=O. The van der Waals surface area contributed by atoms with Crippen LogP contribution in [0.5, 0.6) is 0 Å². The summed E-state index contributed by atoms with van der Waals surface area (Å²) in [5, 5.41) is 2.72. The van der Waals surface area contributed by atoms with Crippen LogP contribution in [0.3, 0.4) is 0 Å².